The Labute approximate surface area is 116 Å². The van der Waals surface area contributed by atoms with Gasteiger partial charge in [-0.2, -0.15) is 0 Å². The molecule has 0 aromatic carbocycles. The first-order valence-corrected chi connectivity index (χ1v) is 6.34. The number of imidazole rings is 1. The number of fused-ring (bicyclic) bond motifs is 1. The predicted octanol–water partition coefficient (Wildman–Crippen LogP) is 1.71. The van der Waals surface area contributed by atoms with Crippen molar-refractivity contribution in [1.29, 1.82) is 0 Å². The molecule has 2 heterocycles. The van der Waals surface area contributed by atoms with Gasteiger partial charge in [0, 0.05) is 30.6 Å². The maximum Gasteiger partial charge on any atom is 0.303 e. The van der Waals surface area contributed by atoms with E-state index in [2.05, 4.69) is 10.3 Å². The van der Waals surface area contributed by atoms with Crippen LogP contribution in [0.15, 0.2) is 30.7 Å². The van der Waals surface area contributed by atoms with Crippen LogP contribution in [0.2, 0.25) is 0 Å². The first kappa shape index (κ1) is 14.0. The van der Waals surface area contributed by atoms with Crippen molar-refractivity contribution in [1.82, 2.24) is 14.7 Å². The molecule has 2 aromatic heterocycles. The molecular weight excluding hydrogens is 258 g/mol. The average Bonchev–Trinajstić information content (AvgIpc) is 2.83. The van der Waals surface area contributed by atoms with Crippen LogP contribution >= 0.6 is 0 Å². The first-order chi connectivity index (χ1) is 9.37. The molecule has 0 bridgehead atoms. The number of aromatic nitrogens is 2. The summed E-state index contributed by atoms with van der Waals surface area (Å²) in [7, 11) is 0. The maximum absolute atomic E-state index is 12.2. The largest absolute Gasteiger partial charge is 0.481 e. The number of aliphatic carboxylic acids is 1. The van der Waals surface area contributed by atoms with E-state index in [1.165, 1.54) is 0 Å². The van der Waals surface area contributed by atoms with E-state index in [1.807, 2.05) is 13.8 Å². The number of amides is 1. The van der Waals surface area contributed by atoms with Crippen LogP contribution in [0.5, 0.6) is 0 Å². The number of nitrogens with one attached hydrogen (secondary N) is 1. The number of nitrogens with zero attached hydrogens (tertiary/aromatic N) is 2. The van der Waals surface area contributed by atoms with E-state index in [9.17, 15) is 9.59 Å². The lowest BCUT2D eigenvalue weighted by atomic mass is 9.98. The van der Waals surface area contributed by atoms with E-state index >= 15 is 0 Å². The monoisotopic (exact) mass is 275 g/mol. The number of carbonyl (C=O) groups excluding carboxylic acids is 1. The normalized spacial score (nSPS) is 11.5. The van der Waals surface area contributed by atoms with Gasteiger partial charge in [0.05, 0.1) is 5.56 Å². The van der Waals surface area contributed by atoms with Crippen molar-refractivity contribution in [2.24, 2.45) is 0 Å². The van der Waals surface area contributed by atoms with E-state index in [0.29, 0.717) is 12.0 Å². The Kier molecular flexibility index (Phi) is 3.74. The standard InChI is InChI=1S/C14H17N3O3/c1-14(2,6-5-12(18)19)16-13(20)10-3-4-11-15-7-8-17(11)9-10/h3-4,7-9H,5-6H2,1-2H3,(H,16,20)(H,18,19). The summed E-state index contributed by atoms with van der Waals surface area (Å²) in [6, 6.07) is 3.46. The molecule has 6 heteroatoms. The number of carboxylic acids is 1. The number of carbonyl (C=O) groups is 2. The fourth-order valence-corrected chi connectivity index (χ4v) is 1.92. The molecule has 0 radical (unpaired) electrons. The predicted molar refractivity (Wildman–Crippen MR) is 73.6 cm³/mol. The Hall–Kier alpha value is -2.37. The fraction of sp³-hybridized carbons (Fsp3) is 0.357. The Morgan fingerprint density at radius 2 is 2.15 bits per heavy atom. The highest BCUT2D eigenvalue weighted by molar-refractivity contribution is 5.94. The van der Waals surface area contributed by atoms with E-state index < -0.39 is 11.5 Å². The minimum atomic E-state index is -0.868. The van der Waals surface area contributed by atoms with Crippen LogP contribution < -0.4 is 5.32 Å². The van der Waals surface area contributed by atoms with Crippen LogP contribution in [-0.2, 0) is 4.79 Å². The molecule has 0 atom stereocenters. The third-order valence-electron chi connectivity index (χ3n) is 3.07. The molecule has 0 aliphatic heterocycles. The Morgan fingerprint density at radius 1 is 1.40 bits per heavy atom. The number of hydrogen-bond acceptors (Lipinski definition) is 3. The second-order valence-corrected chi connectivity index (χ2v) is 5.34. The third-order valence-corrected chi connectivity index (χ3v) is 3.07. The number of carboxylic acid groups (broad SMARTS) is 1. The summed E-state index contributed by atoms with van der Waals surface area (Å²) >= 11 is 0. The van der Waals surface area contributed by atoms with E-state index in [0.717, 1.165) is 5.65 Å². The Bertz CT molecular complexity index is 646. The zero-order valence-corrected chi connectivity index (χ0v) is 11.5. The van der Waals surface area contributed by atoms with Crippen molar-refractivity contribution in [3.05, 3.63) is 36.3 Å². The molecule has 6 nitrogen and oxygen atoms in total. The Morgan fingerprint density at radius 3 is 2.85 bits per heavy atom. The fourth-order valence-electron chi connectivity index (χ4n) is 1.92. The van der Waals surface area contributed by atoms with Gasteiger partial charge in [-0.15, -0.1) is 0 Å². The molecule has 0 saturated heterocycles. The van der Waals surface area contributed by atoms with Gasteiger partial charge in [-0.1, -0.05) is 0 Å². The molecule has 0 aliphatic rings. The molecule has 0 spiro atoms. The molecule has 2 rings (SSSR count). The molecule has 0 fully saturated rings. The van der Waals surface area contributed by atoms with Crippen molar-refractivity contribution in [2.45, 2.75) is 32.2 Å². The highest BCUT2D eigenvalue weighted by Crippen LogP contribution is 2.13. The minimum Gasteiger partial charge on any atom is -0.481 e. The first-order valence-electron chi connectivity index (χ1n) is 6.34. The summed E-state index contributed by atoms with van der Waals surface area (Å²) in [4.78, 5) is 26.9. The van der Waals surface area contributed by atoms with Gasteiger partial charge in [0.1, 0.15) is 5.65 Å². The van der Waals surface area contributed by atoms with Gasteiger partial charge < -0.3 is 14.8 Å². The molecule has 2 aromatic rings. The van der Waals surface area contributed by atoms with Crippen molar-refractivity contribution in [3.8, 4) is 0 Å². The van der Waals surface area contributed by atoms with Crippen LogP contribution in [0.3, 0.4) is 0 Å². The number of pyridine rings is 1. The molecule has 106 valence electrons. The van der Waals surface area contributed by atoms with Crippen LogP contribution in [0.1, 0.15) is 37.0 Å². The molecule has 0 aliphatic carbocycles. The summed E-state index contributed by atoms with van der Waals surface area (Å²) < 4.78 is 1.76. The maximum atomic E-state index is 12.2. The summed E-state index contributed by atoms with van der Waals surface area (Å²) in [6.07, 6.45) is 5.52. The summed E-state index contributed by atoms with van der Waals surface area (Å²) in [6.45, 7) is 3.62. The summed E-state index contributed by atoms with van der Waals surface area (Å²) in [5, 5.41) is 11.5. The lowest BCUT2D eigenvalue weighted by Crippen LogP contribution is -2.43. The third kappa shape index (κ3) is 3.34. The van der Waals surface area contributed by atoms with Gasteiger partial charge in [-0.3, -0.25) is 9.59 Å². The smallest absolute Gasteiger partial charge is 0.303 e. The lowest BCUT2D eigenvalue weighted by molar-refractivity contribution is -0.137. The minimum absolute atomic E-state index is 0.0217. The topological polar surface area (TPSA) is 83.7 Å². The SMILES string of the molecule is CC(C)(CCC(=O)O)NC(=O)c1ccc2nccn2c1. The van der Waals surface area contributed by atoms with Gasteiger partial charge in [-0.05, 0) is 32.4 Å². The molecule has 1 amide bonds. The van der Waals surface area contributed by atoms with Crippen molar-refractivity contribution in [2.75, 3.05) is 0 Å². The van der Waals surface area contributed by atoms with Crippen molar-refractivity contribution >= 4 is 17.5 Å². The van der Waals surface area contributed by atoms with E-state index in [-0.39, 0.29) is 12.3 Å². The highest BCUT2D eigenvalue weighted by atomic mass is 16.4. The van der Waals surface area contributed by atoms with Gasteiger partial charge in [0.15, 0.2) is 0 Å². The summed E-state index contributed by atoms with van der Waals surface area (Å²) in [5.74, 6) is -1.09. The van der Waals surface area contributed by atoms with E-state index in [1.54, 1.807) is 35.1 Å². The molecule has 20 heavy (non-hydrogen) atoms. The van der Waals surface area contributed by atoms with Crippen molar-refractivity contribution in [3.63, 3.8) is 0 Å². The molecule has 0 unspecified atom stereocenters. The van der Waals surface area contributed by atoms with Crippen LogP contribution in [0.25, 0.3) is 5.65 Å². The van der Waals surface area contributed by atoms with Gasteiger partial charge in [0.25, 0.3) is 5.91 Å². The summed E-state index contributed by atoms with van der Waals surface area (Å²) in [5.41, 5.74) is 0.713. The zero-order valence-electron chi connectivity index (χ0n) is 11.5. The van der Waals surface area contributed by atoms with Crippen LogP contribution in [-0.4, -0.2) is 31.9 Å². The molecule has 2 N–H and O–H groups in total. The highest BCUT2D eigenvalue weighted by Gasteiger charge is 2.22. The zero-order chi connectivity index (χ0) is 14.8. The second kappa shape index (κ2) is 5.32. The lowest BCUT2D eigenvalue weighted by Gasteiger charge is -2.25. The molecular formula is C14H17N3O3. The quantitative estimate of drug-likeness (QED) is 0.870. The van der Waals surface area contributed by atoms with Crippen molar-refractivity contribution < 1.29 is 14.7 Å². The van der Waals surface area contributed by atoms with Crippen LogP contribution in [0, 0.1) is 0 Å². The van der Waals surface area contributed by atoms with Gasteiger partial charge in [0.2, 0.25) is 0 Å². The van der Waals surface area contributed by atoms with Gasteiger partial charge in [-0.25, -0.2) is 4.98 Å². The Balaban J connectivity index is 2.08. The average molecular weight is 275 g/mol. The molecule has 0 saturated carbocycles. The second-order valence-electron chi connectivity index (χ2n) is 5.34. The van der Waals surface area contributed by atoms with Crippen LogP contribution in [0.4, 0.5) is 0 Å². The van der Waals surface area contributed by atoms with Gasteiger partial charge >= 0.3 is 5.97 Å². The number of rotatable bonds is 5. The number of hydrogen-bond donors (Lipinski definition) is 2. The van der Waals surface area contributed by atoms with E-state index in [4.69, 9.17) is 5.11 Å².